The van der Waals surface area contributed by atoms with Crippen molar-refractivity contribution in [2.45, 2.75) is 18.1 Å². The fourth-order valence-corrected chi connectivity index (χ4v) is 2.80. The molecule has 0 aliphatic heterocycles. The molecule has 5 nitrogen and oxygen atoms in total. The number of hydrogen-bond acceptors (Lipinski definition) is 3. The van der Waals surface area contributed by atoms with Crippen molar-refractivity contribution >= 4 is 27.3 Å². The quantitative estimate of drug-likeness (QED) is 0.901. The van der Waals surface area contributed by atoms with Crippen LogP contribution in [0.3, 0.4) is 0 Å². The minimum Gasteiger partial charge on any atom is -0.332 e. The van der Waals surface area contributed by atoms with Crippen LogP contribution in [0.5, 0.6) is 0 Å². The standard InChI is InChI=1S/C11H9ClF3N3O2S/c1-6-16-5-10(17-6)21(19,20)18-7-2-3-9(12)8(4-7)11(13,14)15/h2-5,18H,1H3,(H,16,17). The number of benzene rings is 1. The Hall–Kier alpha value is -1.74. The number of nitrogens with zero attached hydrogens (tertiary/aromatic N) is 1. The number of hydrogen-bond donors (Lipinski definition) is 2. The number of aryl methyl sites for hydroxylation is 1. The van der Waals surface area contributed by atoms with E-state index in [0.717, 1.165) is 18.3 Å². The number of imidazole rings is 1. The van der Waals surface area contributed by atoms with Crippen LogP contribution in [0.2, 0.25) is 5.02 Å². The first kappa shape index (κ1) is 15.6. The lowest BCUT2D eigenvalue weighted by molar-refractivity contribution is -0.137. The average Bonchev–Trinajstić information content (AvgIpc) is 2.77. The van der Waals surface area contributed by atoms with Crippen LogP contribution in [-0.4, -0.2) is 18.4 Å². The molecule has 0 radical (unpaired) electrons. The van der Waals surface area contributed by atoms with E-state index in [1.54, 1.807) is 6.92 Å². The van der Waals surface area contributed by atoms with E-state index in [-0.39, 0.29) is 10.7 Å². The Labute approximate surface area is 123 Å². The molecule has 2 aromatic rings. The molecule has 2 N–H and O–H groups in total. The number of aromatic nitrogens is 2. The number of aromatic amines is 1. The first-order valence-electron chi connectivity index (χ1n) is 5.51. The number of sulfonamides is 1. The molecular weight excluding hydrogens is 331 g/mol. The average molecular weight is 340 g/mol. The Balaban J connectivity index is 2.36. The first-order valence-corrected chi connectivity index (χ1v) is 7.37. The van der Waals surface area contributed by atoms with Crippen LogP contribution in [0.25, 0.3) is 0 Å². The second kappa shape index (κ2) is 5.23. The molecular formula is C11H9ClF3N3O2S. The third kappa shape index (κ3) is 3.48. The summed E-state index contributed by atoms with van der Waals surface area (Å²) >= 11 is 5.46. The smallest absolute Gasteiger partial charge is 0.332 e. The summed E-state index contributed by atoms with van der Waals surface area (Å²) in [4.78, 5) is 6.20. The highest BCUT2D eigenvalue weighted by molar-refractivity contribution is 7.92. The summed E-state index contributed by atoms with van der Waals surface area (Å²) in [5, 5.41) is -0.758. The van der Waals surface area contributed by atoms with Gasteiger partial charge in [-0.1, -0.05) is 11.6 Å². The van der Waals surface area contributed by atoms with Crippen molar-refractivity contribution in [1.29, 1.82) is 0 Å². The molecule has 10 heteroatoms. The molecule has 0 unspecified atom stereocenters. The Morgan fingerprint density at radius 2 is 2.00 bits per heavy atom. The van der Waals surface area contributed by atoms with Crippen LogP contribution in [0.4, 0.5) is 18.9 Å². The lowest BCUT2D eigenvalue weighted by Gasteiger charge is -2.12. The Kier molecular flexibility index (Phi) is 3.89. The summed E-state index contributed by atoms with van der Waals surface area (Å²) in [6, 6.07) is 2.74. The number of nitrogens with one attached hydrogen (secondary N) is 2. The largest absolute Gasteiger partial charge is 0.417 e. The summed E-state index contributed by atoms with van der Waals surface area (Å²) in [6.07, 6.45) is -3.61. The maximum atomic E-state index is 12.7. The lowest BCUT2D eigenvalue weighted by atomic mass is 10.2. The van der Waals surface area contributed by atoms with Gasteiger partial charge in [0, 0.05) is 5.69 Å². The normalized spacial score (nSPS) is 12.4. The van der Waals surface area contributed by atoms with E-state index < -0.39 is 26.8 Å². The molecule has 0 amide bonds. The molecule has 0 aliphatic rings. The number of halogens is 4. The molecule has 114 valence electrons. The van der Waals surface area contributed by atoms with Crippen molar-refractivity contribution in [3.8, 4) is 0 Å². The summed E-state index contributed by atoms with van der Waals surface area (Å²) in [5.74, 6) is 0.363. The van der Waals surface area contributed by atoms with Crippen LogP contribution in [0, 0.1) is 6.92 Å². The number of alkyl halides is 3. The molecule has 0 saturated carbocycles. The van der Waals surface area contributed by atoms with Gasteiger partial charge in [-0.3, -0.25) is 4.72 Å². The summed E-state index contributed by atoms with van der Waals surface area (Å²) < 4.78 is 64.1. The highest BCUT2D eigenvalue weighted by atomic mass is 35.5. The van der Waals surface area contributed by atoms with Crippen LogP contribution >= 0.6 is 11.6 Å². The minimum atomic E-state index is -4.68. The molecule has 1 aromatic heterocycles. The summed E-state index contributed by atoms with van der Waals surface area (Å²) in [6.45, 7) is 1.54. The van der Waals surface area contributed by atoms with Crippen molar-refractivity contribution < 1.29 is 21.6 Å². The molecule has 21 heavy (non-hydrogen) atoms. The van der Waals surface area contributed by atoms with Crippen molar-refractivity contribution in [3.05, 3.63) is 40.8 Å². The third-order valence-electron chi connectivity index (χ3n) is 2.49. The van der Waals surface area contributed by atoms with Gasteiger partial charge < -0.3 is 4.98 Å². The molecule has 1 heterocycles. The van der Waals surface area contributed by atoms with Gasteiger partial charge in [0.05, 0.1) is 16.8 Å². The van der Waals surface area contributed by atoms with Crippen LogP contribution in [-0.2, 0) is 16.2 Å². The van der Waals surface area contributed by atoms with Gasteiger partial charge in [0.1, 0.15) is 5.82 Å². The number of anilines is 1. The Bertz CT molecular complexity index is 771. The van der Waals surface area contributed by atoms with Gasteiger partial charge in [-0.25, -0.2) is 4.98 Å². The predicted octanol–water partition coefficient (Wildman–Crippen LogP) is 3.19. The SMILES string of the molecule is Cc1ncc(S(=O)(=O)Nc2ccc(Cl)c(C(F)(F)F)c2)[nH]1. The van der Waals surface area contributed by atoms with Crippen LogP contribution < -0.4 is 4.72 Å². The topological polar surface area (TPSA) is 74.8 Å². The fraction of sp³-hybridized carbons (Fsp3) is 0.182. The zero-order valence-corrected chi connectivity index (χ0v) is 12.1. The Morgan fingerprint density at radius 3 is 2.52 bits per heavy atom. The monoisotopic (exact) mass is 339 g/mol. The number of rotatable bonds is 3. The van der Waals surface area contributed by atoms with Crippen molar-refractivity contribution in [1.82, 2.24) is 9.97 Å². The maximum absolute atomic E-state index is 12.7. The van der Waals surface area contributed by atoms with E-state index in [1.807, 2.05) is 4.72 Å². The third-order valence-corrected chi connectivity index (χ3v) is 4.11. The van der Waals surface area contributed by atoms with Gasteiger partial charge >= 0.3 is 6.18 Å². The lowest BCUT2D eigenvalue weighted by Crippen LogP contribution is -2.14. The van der Waals surface area contributed by atoms with E-state index >= 15 is 0 Å². The summed E-state index contributed by atoms with van der Waals surface area (Å²) in [5.41, 5.74) is -1.37. The van der Waals surface area contributed by atoms with Gasteiger partial charge in [0.2, 0.25) is 0 Å². The van der Waals surface area contributed by atoms with Gasteiger partial charge in [0.15, 0.2) is 5.03 Å². The molecule has 2 rings (SSSR count). The van der Waals surface area contributed by atoms with E-state index in [1.165, 1.54) is 0 Å². The molecule has 0 saturated heterocycles. The van der Waals surface area contributed by atoms with Crippen molar-refractivity contribution in [2.24, 2.45) is 0 Å². The summed E-state index contributed by atoms with van der Waals surface area (Å²) in [7, 11) is -4.05. The molecule has 0 spiro atoms. The maximum Gasteiger partial charge on any atom is 0.417 e. The van der Waals surface area contributed by atoms with E-state index in [2.05, 4.69) is 9.97 Å². The highest BCUT2D eigenvalue weighted by Crippen LogP contribution is 2.36. The van der Waals surface area contributed by atoms with E-state index in [0.29, 0.717) is 11.9 Å². The molecule has 1 aromatic carbocycles. The second-order valence-corrected chi connectivity index (χ2v) is 6.19. The van der Waals surface area contributed by atoms with Gasteiger partial charge in [-0.2, -0.15) is 21.6 Å². The Morgan fingerprint density at radius 1 is 1.33 bits per heavy atom. The fourth-order valence-electron chi connectivity index (χ4n) is 1.55. The van der Waals surface area contributed by atoms with Crippen molar-refractivity contribution in [2.75, 3.05) is 4.72 Å². The van der Waals surface area contributed by atoms with Crippen molar-refractivity contribution in [3.63, 3.8) is 0 Å². The molecule has 0 atom stereocenters. The zero-order valence-electron chi connectivity index (χ0n) is 10.5. The number of H-pyrrole nitrogens is 1. The van der Waals surface area contributed by atoms with E-state index in [4.69, 9.17) is 11.6 Å². The highest BCUT2D eigenvalue weighted by Gasteiger charge is 2.33. The molecule has 0 fully saturated rings. The minimum absolute atomic E-state index is 0.247. The first-order chi connectivity index (χ1) is 9.59. The van der Waals surface area contributed by atoms with E-state index in [9.17, 15) is 21.6 Å². The second-order valence-electron chi connectivity index (χ2n) is 4.13. The van der Waals surface area contributed by atoms with Gasteiger partial charge in [-0.05, 0) is 25.1 Å². The van der Waals surface area contributed by atoms with Crippen LogP contribution in [0.1, 0.15) is 11.4 Å². The van der Waals surface area contributed by atoms with Gasteiger partial charge in [-0.15, -0.1) is 0 Å². The molecule has 0 bridgehead atoms. The van der Waals surface area contributed by atoms with Crippen LogP contribution in [0.15, 0.2) is 29.4 Å². The predicted molar refractivity (Wildman–Crippen MR) is 70.6 cm³/mol. The van der Waals surface area contributed by atoms with Gasteiger partial charge in [0.25, 0.3) is 10.0 Å². The molecule has 0 aliphatic carbocycles. The zero-order chi connectivity index (χ0) is 15.8.